The molecule has 3 heteroatoms. The van der Waals surface area contributed by atoms with Crippen LogP contribution in [0.15, 0.2) is 11.8 Å². The minimum atomic E-state index is -0.366. The molecule has 0 spiro atoms. The Morgan fingerprint density at radius 3 is 2.80 bits per heavy atom. The highest BCUT2D eigenvalue weighted by Crippen LogP contribution is 1.91. The van der Waals surface area contributed by atoms with Crippen molar-refractivity contribution in [3.05, 3.63) is 11.8 Å². The summed E-state index contributed by atoms with van der Waals surface area (Å²) >= 11 is 0. The van der Waals surface area contributed by atoms with Gasteiger partial charge >= 0.3 is 0 Å². The van der Waals surface area contributed by atoms with Gasteiger partial charge in [-0.1, -0.05) is 6.08 Å². The van der Waals surface area contributed by atoms with Crippen LogP contribution in [0.3, 0.4) is 0 Å². The third-order valence-corrected chi connectivity index (χ3v) is 1.07. The summed E-state index contributed by atoms with van der Waals surface area (Å²) in [7, 11) is 0. The highest BCUT2D eigenvalue weighted by molar-refractivity contribution is 4.98. The van der Waals surface area contributed by atoms with Gasteiger partial charge in [0.1, 0.15) is 0 Å². The SMILES string of the molecule is CCN/C(=C\CCF)CO. The number of rotatable bonds is 5. The Balaban J connectivity index is 3.55. The first-order valence-electron chi connectivity index (χ1n) is 3.44. The molecule has 2 N–H and O–H groups in total. The second kappa shape index (κ2) is 6.55. The minimum absolute atomic E-state index is 0.0339. The molecule has 0 rings (SSSR count). The van der Waals surface area contributed by atoms with E-state index < -0.39 is 0 Å². The summed E-state index contributed by atoms with van der Waals surface area (Å²) in [4.78, 5) is 0. The highest BCUT2D eigenvalue weighted by atomic mass is 19.1. The predicted octanol–water partition coefficient (Wildman–Crippen LogP) is 0.832. The van der Waals surface area contributed by atoms with Gasteiger partial charge in [0, 0.05) is 12.2 Å². The van der Waals surface area contributed by atoms with Crippen molar-refractivity contribution in [1.29, 1.82) is 0 Å². The molecule has 60 valence electrons. The normalized spacial score (nSPS) is 11.7. The first kappa shape index (κ1) is 9.43. The maximum absolute atomic E-state index is 11.6. The smallest absolute Gasteiger partial charge is 0.0929 e. The Hall–Kier alpha value is -0.570. The number of alkyl halides is 1. The van der Waals surface area contributed by atoms with Gasteiger partial charge < -0.3 is 10.4 Å². The van der Waals surface area contributed by atoms with Gasteiger partial charge in [-0.15, -0.1) is 0 Å². The maximum Gasteiger partial charge on any atom is 0.0929 e. The molecule has 0 fully saturated rings. The summed E-state index contributed by atoms with van der Waals surface area (Å²) in [6.45, 7) is 2.29. The van der Waals surface area contributed by atoms with Crippen molar-refractivity contribution in [3.8, 4) is 0 Å². The monoisotopic (exact) mass is 147 g/mol. The Kier molecular flexibility index (Phi) is 6.18. The number of allylic oxidation sites excluding steroid dienone is 1. The van der Waals surface area contributed by atoms with Crippen LogP contribution in [0, 0.1) is 0 Å². The van der Waals surface area contributed by atoms with Crippen molar-refractivity contribution in [2.75, 3.05) is 19.8 Å². The molecule has 0 aromatic rings. The van der Waals surface area contributed by atoms with E-state index in [1.54, 1.807) is 6.08 Å². The van der Waals surface area contributed by atoms with Crippen LogP contribution in [-0.4, -0.2) is 24.9 Å². The van der Waals surface area contributed by atoms with Gasteiger partial charge in [0.2, 0.25) is 0 Å². The van der Waals surface area contributed by atoms with Crippen LogP contribution < -0.4 is 5.32 Å². The standard InChI is InChI=1S/C7H14FNO/c1-2-9-7(6-10)4-3-5-8/h4,9-10H,2-3,5-6H2,1H3/b7-4-. The van der Waals surface area contributed by atoms with Crippen LogP contribution in [-0.2, 0) is 0 Å². The summed E-state index contributed by atoms with van der Waals surface area (Å²) in [5, 5.41) is 11.5. The van der Waals surface area contributed by atoms with Crippen molar-refractivity contribution in [1.82, 2.24) is 5.32 Å². The number of likely N-dealkylation sites (N-methyl/N-ethyl adjacent to an activating group) is 1. The van der Waals surface area contributed by atoms with Gasteiger partial charge in [0.05, 0.1) is 13.3 Å². The lowest BCUT2D eigenvalue weighted by Crippen LogP contribution is -2.15. The van der Waals surface area contributed by atoms with E-state index in [1.807, 2.05) is 6.92 Å². The van der Waals surface area contributed by atoms with Gasteiger partial charge in [-0.05, 0) is 13.3 Å². The molecule has 0 radical (unpaired) electrons. The fourth-order valence-corrected chi connectivity index (χ4v) is 0.648. The molecule has 10 heavy (non-hydrogen) atoms. The fourth-order valence-electron chi connectivity index (χ4n) is 0.648. The van der Waals surface area contributed by atoms with E-state index in [9.17, 15) is 4.39 Å². The van der Waals surface area contributed by atoms with Crippen molar-refractivity contribution >= 4 is 0 Å². The second-order valence-corrected chi connectivity index (χ2v) is 1.90. The summed E-state index contributed by atoms with van der Waals surface area (Å²) in [6, 6.07) is 0. The third-order valence-electron chi connectivity index (χ3n) is 1.07. The molecular weight excluding hydrogens is 133 g/mol. The lowest BCUT2D eigenvalue weighted by atomic mass is 10.3. The molecular formula is C7H14FNO. The van der Waals surface area contributed by atoms with Crippen LogP contribution in [0.25, 0.3) is 0 Å². The van der Waals surface area contributed by atoms with E-state index >= 15 is 0 Å². The number of hydrogen-bond donors (Lipinski definition) is 2. The van der Waals surface area contributed by atoms with Crippen molar-refractivity contribution in [2.24, 2.45) is 0 Å². The summed E-state index contributed by atoms with van der Waals surface area (Å²) in [6.07, 6.45) is 2.05. The Morgan fingerprint density at radius 1 is 1.70 bits per heavy atom. The largest absolute Gasteiger partial charge is 0.390 e. The van der Waals surface area contributed by atoms with E-state index in [2.05, 4.69) is 5.32 Å². The average molecular weight is 147 g/mol. The van der Waals surface area contributed by atoms with Crippen molar-refractivity contribution in [2.45, 2.75) is 13.3 Å². The Morgan fingerprint density at radius 2 is 2.40 bits per heavy atom. The van der Waals surface area contributed by atoms with Gasteiger partial charge in [-0.25, -0.2) is 0 Å². The molecule has 0 saturated carbocycles. The van der Waals surface area contributed by atoms with E-state index in [0.717, 1.165) is 6.54 Å². The van der Waals surface area contributed by atoms with Gasteiger partial charge in [-0.3, -0.25) is 4.39 Å². The van der Waals surface area contributed by atoms with Crippen LogP contribution in [0.2, 0.25) is 0 Å². The maximum atomic E-state index is 11.6. The molecule has 0 atom stereocenters. The van der Waals surface area contributed by atoms with E-state index in [0.29, 0.717) is 12.1 Å². The molecule has 0 bridgehead atoms. The Bertz CT molecular complexity index is 104. The molecule has 0 aliphatic heterocycles. The first-order valence-corrected chi connectivity index (χ1v) is 3.44. The number of hydrogen-bond acceptors (Lipinski definition) is 2. The van der Waals surface area contributed by atoms with Gasteiger partial charge in [-0.2, -0.15) is 0 Å². The second-order valence-electron chi connectivity index (χ2n) is 1.90. The highest BCUT2D eigenvalue weighted by Gasteiger charge is 1.89. The van der Waals surface area contributed by atoms with Crippen molar-refractivity contribution < 1.29 is 9.50 Å². The quantitative estimate of drug-likeness (QED) is 0.603. The molecule has 0 heterocycles. The number of nitrogens with one attached hydrogen (secondary N) is 1. The molecule has 2 nitrogen and oxygen atoms in total. The Labute approximate surface area is 60.7 Å². The van der Waals surface area contributed by atoms with Crippen LogP contribution >= 0.6 is 0 Å². The molecule has 0 amide bonds. The number of aliphatic hydroxyl groups is 1. The van der Waals surface area contributed by atoms with Gasteiger partial charge in [0.15, 0.2) is 0 Å². The molecule has 0 saturated heterocycles. The molecule has 0 aliphatic rings. The average Bonchev–Trinajstić information content (AvgIpc) is 1.98. The summed E-state index contributed by atoms with van der Waals surface area (Å²) in [5.41, 5.74) is 0.708. The lowest BCUT2D eigenvalue weighted by Gasteiger charge is -2.03. The van der Waals surface area contributed by atoms with E-state index in [-0.39, 0.29) is 13.3 Å². The first-order chi connectivity index (χ1) is 4.85. The summed E-state index contributed by atoms with van der Waals surface area (Å²) < 4.78 is 11.6. The van der Waals surface area contributed by atoms with Crippen LogP contribution in [0.1, 0.15) is 13.3 Å². The molecule has 0 unspecified atom stereocenters. The number of halogens is 1. The molecule has 0 aliphatic carbocycles. The molecule has 0 aromatic heterocycles. The number of aliphatic hydroxyl groups excluding tert-OH is 1. The van der Waals surface area contributed by atoms with Crippen LogP contribution in [0.5, 0.6) is 0 Å². The fraction of sp³-hybridized carbons (Fsp3) is 0.714. The van der Waals surface area contributed by atoms with E-state index in [4.69, 9.17) is 5.11 Å². The minimum Gasteiger partial charge on any atom is -0.390 e. The molecule has 0 aromatic carbocycles. The van der Waals surface area contributed by atoms with Gasteiger partial charge in [0.25, 0.3) is 0 Å². The van der Waals surface area contributed by atoms with Crippen molar-refractivity contribution in [3.63, 3.8) is 0 Å². The zero-order chi connectivity index (χ0) is 7.82. The predicted molar refractivity (Wildman–Crippen MR) is 39.4 cm³/mol. The zero-order valence-corrected chi connectivity index (χ0v) is 6.23. The summed E-state index contributed by atoms with van der Waals surface area (Å²) in [5.74, 6) is 0. The van der Waals surface area contributed by atoms with E-state index in [1.165, 1.54) is 0 Å². The zero-order valence-electron chi connectivity index (χ0n) is 6.23. The van der Waals surface area contributed by atoms with Crippen LogP contribution in [0.4, 0.5) is 4.39 Å². The topological polar surface area (TPSA) is 32.3 Å². The lowest BCUT2D eigenvalue weighted by molar-refractivity contribution is 0.321. The third kappa shape index (κ3) is 4.32.